The van der Waals surface area contributed by atoms with E-state index in [0.29, 0.717) is 48.8 Å². The van der Waals surface area contributed by atoms with Crippen molar-refractivity contribution in [3.8, 4) is 5.88 Å². The third-order valence-corrected chi connectivity index (χ3v) is 4.83. The lowest BCUT2D eigenvalue weighted by molar-refractivity contribution is -0.154. The minimum atomic E-state index is -4.49. The van der Waals surface area contributed by atoms with Gasteiger partial charge in [-0.1, -0.05) is 12.1 Å². The van der Waals surface area contributed by atoms with Gasteiger partial charge in [-0.25, -0.2) is 0 Å². The Kier molecular flexibility index (Phi) is 5.33. The maximum Gasteiger partial charge on any atom is 0.422 e. The first-order valence-corrected chi connectivity index (χ1v) is 9.31. The summed E-state index contributed by atoms with van der Waals surface area (Å²) >= 11 is 0. The number of aromatic nitrogens is 1. The molecule has 1 aromatic heterocycles. The van der Waals surface area contributed by atoms with Gasteiger partial charge in [0, 0.05) is 24.7 Å². The van der Waals surface area contributed by atoms with Crippen LogP contribution in [0.1, 0.15) is 26.3 Å². The fourth-order valence-electron chi connectivity index (χ4n) is 3.42. The van der Waals surface area contributed by atoms with Gasteiger partial charge in [-0.3, -0.25) is 14.5 Å². The first-order chi connectivity index (χ1) is 14.3. The van der Waals surface area contributed by atoms with Gasteiger partial charge in [0.15, 0.2) is 6.61 Å². The minimum absolute atomic E-state index is 0.0500. The van der Waals surface area contributed by atoms with Gasteiger partial charge in [0.2, 0.25) is 5.88 Å². The van der Waals surface area contributed by atoms with Gasteiger partial charge in [-0.15, -0.1) is 0 Å². The average molecular weight is 421 g/mol. The van der Waals surface area contributed by atoms with E-state index in [0.717, 1.165) is 4.90 Å². The van der Waals surface area contributed by atoms with E-state index in [1.807, 2.05) is 4.90 Å². The highest BCUT2D eigenvalue weighted by Gasteiger charge is 2.36. The summed E-state index contributed by atoms with van der Waals surface area (Å²) in [5.74, 6) is -0.642. The van der Waals surface area contributed by atoms with Crippen LogP contribution < -0.4 is 9.64 Å². The van der Waals surface area contributed by atoms with Crippen molar-refractivity contribution in [2.24, 2.45) is 0 Å². The van der Waals surface area contributed by atoms with Crippen molar-refractivity contribution in [3.05, 3.63) is 53.1 Å². The van der Waals surface area contributed by atoms with Gasteiger partial charge in [0.05, 0.1) is 30.9 Å². The second kappa shape index (κ2) is 7.94. The molecule has 4 rings (SSSR count). The average Bonchev–Trinajstić information content (AvgIpc) is 2.98. The Balaban J connectivity index is 1.62. The van der Waals surface area contributed by atoms with Crippen LogP contribution in [0.4, 0.5) is 19.0 Å². The number of nitrogens with zero attached hydrogens (tertiary/aromatic N) is 3. The molecule has 0 spiro atoms. The lowest BCUT2D eigenvalue weighted by Crippen LogP contribution is -2.38. The predicted molar refractivity (Wildman–Crippen MR) is 99.5 cm³/mol. The molecule has 0 N–H and O–H groups in total. The number of benzene rings is 1. The molecule has 1 saturated heterocycles. The number of carbonyl (C=O) groups excluding carboxylic acids is 2. The Morgan fingerprint density at radius 3 is 2.23 bits per heavy atom. The Bertz CT molecular complexity index is 939. The zero-order chi connectivity index (χ0) is 21.3. The lowest BCUT2D eigenvalue weighted by atomic mass is 10.1. The molecule has 0 atom stereocenters. The van der Waals surface area contributed by atoms with Crippen LogP contribution in [0.15, 0.2) is 36.4 Å². The number of hydrogen-bond acceptors (Lipinski definition) is 6. The van der Waals surface area contributed by atoms with Crippen LogP contribution in [0.25, 0.3) is 0 Å². The molecule has 0 unspecified atom stereocenters. The molecular weight excluding hydrogens is 403 g/mol. The second-order valence-electron chi connectivity index (χ2n) is 6.88. The highest BCUT2D eigenvalue weighted by molar-refractivity contribution is 6.21. The van der Waals surface area contributed by atoms with Gasteiger partial charge in [0.1, 0.15) is 5.82 Å². The molecule has 30 heavy (non-hydrogen) atoms. The van der Waals surface area contributed by atoms with Gasteiger partial charge >= 0.3 is 6.18 Å². The zero-order valence-electron chi connectivity index (χ0n) is 15.8. The molecule has 2 aliphatic rings. The summed E-state index contributed by atoms with van der Waals surface area (Å²) < 4.78 is 47.6. The maximum absolute atomic E-state index is 12.7. The lowest BCUT2D eigenvalue weighted by Gasteiger charge is -2.30. The number of ether oxygens (including phenoxy) is 2. The molecule has 10 heteroatoms. The number of morpholine rings is 1. The summed E-state index contributed by atoms with van der Waals surface area (Å²) in [6.07, 6.45) is -4.49. The first-order valence-electron chi connectivity index (χ1n) is 9.31. The van der Waals surface area contributed by atoms with Crippen molar-refractivity contribution in [3.63, 3.8) is 0 Å². The zero-order valence-corrected chi connectivity index (χ0v) is 15.8. The van der Waals surface area contributed by atoms with E-state index in [1.165, 1.54) is 12.1 Å². The second-order valence-corrected chi connectivity index (χ2v) is 6.88. The van der Waals surface area contributed by atoms with Crippen LogP contribution in [0.5, 0.6) is 5.88 Å². The van der Waals surface area contributed by atoms with E-state index in [9.17, 15) is 22.8 Å². The first kappa shape index (κ1) is 20.1. The fourth-order valence-corrected chi connectivity index (χ4v) is 3.42. The van der Waals surface area contributed by atoms with Gasteiger partial charge in [0.25, 0.3) is 11.8 Å². The topological polar surface area (TPSA) is 72.0 Å². The van der Waals surface area contributed by atoms with Crippen molar-refractivity contribution >= 4 is 17.6 Å². The smallest absolute Gasteiger partial charge is 0.422 e. The van der Waals surface area contributed by atoms with Crippen LogP contribution in [0.2, 0.25) is 0 Å². The molecule has 2 aliphatic heterocycles. The van der Waals surface area contributed by atoms with Gasteiger partial charge in [-0.05, 0) is 18.2 Å². The van der Waals surface area contributed by atoms with Gasteiger partial charge < -0.3 is 14.4 Å². The number of amides is 2. The van der Waals surface area contributed by atoms with Crippen LogP contribution in [-0.4, -0.2) is 60.8 Å². The van der Waals surface area contributed by atoms with Gasteiger partial charge in [-0.2, -0.15) is 18.2 Å². The summed E-state index contributed by atoms with van der Waals surface area (Å²) in [6, 6.07) is 9.38. The summed E-state index contributed by atoms with van der Waals surface area (Å²) in [7, 11) is 0. The van der Waals surface area contributed by atoms with Crippen LogP contribution in [0.3, 0.4) is 0 Å². The van der Waals surface area contributed by atoms with Crippen molar-refractivity contribution < 1.29 is 32.2 Å². The number of fused-ring (bicyclic) bond motifs is 1. The Hall–Kier alpha value is -3.14. The number of alkyl halides is 3. The summed E-state index contributed by atoms with van der Waals surface area (Å²) in [6.45, 7) is 0.311. The molecule has 3 heterocycles. The number of carbonyl (C=O) groups is 2. The molecular formula is C20H18F3N3O4. The number of hydrogen-bond donors (Lipinski definition) is 0. The Morgan fingerprint density at radius 1 is 1.00 bits per heavy atom. The summed E-state index contributed by atoms with van der Waals surface area (Å²) in [4.78, 5) is 32.6. The number of anilines is 1. The van der Waals surface area contributed by atoms with Crippen LogP contribution in [0, 0.1) is 0 Å². The number of pyridine rings is 1. The SMILES string of the molecule is O=C1c2ccccc2C(=O)N1Cc1ccc(OCC(F)(F)F)nc1N1CCOCC1. The molecule has 0 aliphatic carbocycles. The number of imide groups is 1. The summed E-state index contributed by atoms with van der Waals surface area (Å²) in [5.41, 5.74) is 1.19. The van der Waals surface area contributed by atoms with E-state index >= 15 is 0 Å². The van der Waals surface area contributed by atoms with E-state index < -0.39 is 24.6 Å². The molecule has 7 nitrogen and oxygen atoms in total. The van der Waals surface area contributed by atoms with Crippen LogP contribution >= 0.6 is 0 Å². The largest absolute Gasteiger partial charge is 0.468 e. The molecule has 2 amide bonds. The van der Waals surface area contributed by atoms with E-state index in [4.69, 9.17) is 9.47 Å². The normalized spacial score (nSPS) is 16.8. The maximum atomic E-state index is 12.7. The highest BCUT2D eigenvalue weighted by atomic mass is 19.4. The quantitative estimate of drug-likeness (QED) is 0.692. The third kappa shape index (κ3) is 4.09. The molecule has 1 aromatic carbocycles. The Morgan fingerprint density at radius 2 is 1.63 bits per heavy atom. The number of halogens is 3. The Labute approximate surface area is 170 Å². The predicted octanol–water partition coefficient (Wildman–Crippen LogP) is 2.66. The van der Waals surface area contributed by atoms with E-state index in [-0.39, 0.29) is 12.4 Å². The van der Waals surface area contributed by atoms with Crippen molar-refractivity contribution in [1.82, 2.24) is 9.88 Å². The monoisotopic (exact) mass is 421 g/mol. The standard InChI is InChI=1S/C20H18F3N3O4/c21-20(22,23)12-30-16-6-5-13(17(24-16)25-7-9-29-10-8-25)11-26-18(27)14-3-1-2-4-15(14)19(26)28/h1-6H,7-12H2. The molecule has 158 valence electrons. The van der Waals surface area contributed by atoms with E-state index in [1.54, 1.807) is 24.3 Å². The molecule has 0 radical (unpaired) electrons. The van der Waals surface area contributed by atoms with Crippen molar-refractivity contribution in [1.29, 1.82) is 0 Å². The van der Waals surface area contributed by atoms with Crippen molar-refractivity contribution in [2.45, 2.75) is 12.7 Å². The molecule has 0 saturated carbocycles. The summed E-state index contributed by atoms with van der Waals surface area (Å²) in [5, 5.41) is 0. The molecule has 2 aromatic rings. The molecule has 0 bridgehead atoms. The van der Waals surface area contributed by atoms with Crippen molar-refractivity contribution in [2.75, 3.05) is 37.8 Å². The number of rotatable bonds is 5. The minimum Gasteiger partial charge on any atom is -0.468 e. The highest BCUT2D eigenvalue weighted by Crippen LogP contribution is 2.29. The van der Waals surface area contributed by atoms with E-state index in [2.05, 4.69) is 4.98 Å². The fraction of sp³-hybridized carbons (Fsp3) is 0.350. The van der Waals surface area contributed by atoms with Crippen LogP contribution in [-0.2, 0) is 11.3 Å². The third-order valence-electron chi connectivity index (χ3n) is 4.83. The molecule has 1 fully saturated rings.